The minimum Gasteiger partial charge on any atom is -0.395 e. The number of hydrogen-bond acceptors (Lipinski definition) is 4. The van der Waals surface area contributed by atoms with Crippen molar-refractivity contribution < 1.29 is 14.6 Å². The highest BCUT2D eigenvalue weighted by Gasteiger charge is 2.24. The summed E-state index contributed by atoms with van der Waals surface area (Å²) >= 11 is 0. The summed E-state index contributed by atoms with van der Waals surface area (Å²) in [6, 6.07) is 0.700. The Morgan fingerprint density at radius 3 is 2.60 bits per heavy atom. The van der Waals surface area contributed by atoms with Crippen LogP contribution in [0, 0.1) is 0 Å². The molecule has 1 rings (SSSR count). The molecule has 1 saturated carbocycles. The van der Waals surface area contributed by atoms with Crippen LogP contribution in [0.4, 0.5) is 0 Å². The minimum atomic E-state index is 0.0867. The van der Waals surface area contributed by atoms with E-state index in [1.165, 1.54) is 12.8 Å². The zero-order chi connectivity index (χ0) is 10.9. The van der Waals surface area contributed by atoms with Gasteiger partial charge in [0.15, 0.2) is 0 Å². The Balaban J connectivity index is 1.87. The van der Waals surface area contributed by atoms with Gasteiger partial charge in [0.1, 0.15) is 0 Å². The summed E-state index contributed by atoms with van der Waals surface area (Å²) in [7, 11) is 0. The van der Waals surface area contributed by atoms with Gasteiger partial charge in [-0.15, -0.1) is 0 Å². The topological polar surface area (TPSA) is 50.7 Å². The Kier molecular flexibility index (Phi) is 6.92. The SMILES string of the molecule is CCCOCCOCC(CO)NC1CC1. The molecule has 0 aromatic carbocycles. The Hall–Kier alpha value is -0.160. The predicted octanol–water partition coefficient (Wildman–Crippen LogP) is 0.542. The maximum absolute atomic E-state index is 9.07. The van der Waals surface area contributed by atoms with Gasteiger partial charge in [-0.3, -0.25) is 0 Å². The van der Waals surface area contributed by atoms with E-state index in [9.17, 15) is 0 Å². The van der Waals surface area contributed by atoms with Crippen molar-refractivity contribution in [3.63, 3.8) is 0 Å². The zero-order valence-electron chi connectivity index (χ0n) is 9.58. The molecule has 2 N–H and O–H groups in total. The van der Waals surface area contributed by atoms with Crippen LogP contribution in [-0.4, -0.2) is 50.2 Å². The zero-order valence-corrected chi connectivity index (χ0v) is 9.58. The first-order chi connectivity index (χ1) is 7.36. The van der Waals surface area contributed by atoms with Crippen LogP contribution in [-0.2, 0) is 9.47 Å². The molecule has 0 aromatic heterocycles. The third kappa shape index (κ3) is 6.84. The van der Waals surface area contributed by atoms with E-state index < -0.39 is 0 Å². The van der Waals surface area contributed by atoms with E-state index in [0.717, 1.165) is 13.0 Å². The van der Waals surface area contributed by atoms with Crippen LogP contribution in [0.2, 0.25) is 0 Å². The number of hydrogen-bond donors (Lipinski definition) is 2. The summed E-state index contributed by atoms with van der Waals surface area (Å²) in [5.41, 5.74) is 0. The van der Waals surface area contributed by atoms with Crippen molar-refractivity contribution in [2.24, 2.45) is 0 Å². The summed E-state index contributed by atoms with van der Waals surface area (Å²) in [5, 5.41) is 12.4. The lowest BCUT2D eigenvalue weighted by Crippen LogP contribution is -2.38. The molecule has 4 heteroatoms. The fourth-order valence-corrected chi connectivity index (χ4v) is 1.33. The molecule has 0 saturated heterocycles. The molecule has 0 spiro atoms. The number of ether oxygens (including phenoxy) is 2. The van der Waals surface area contributed by atoms with Crippen molar-refractivity contribution in [2.75, 3.05) is 33.0 Å². The van der Waals surface area contributed by atoms with Crippen molar-refractivity contribution in [3.05, 3.63) is 0 Å². The number of aliphatic hydroxyl groups excluding tert-OH is 1. The van der Waals surface area contributed by atoms with Crippen LogP contribution < -0.4 is 5.32 Å². The molecule has 1 unspecified atom stereocenters. The molecular weight excluding hydrogens is 194 g/mol. The second-order valence-corrected chi connectivity index (χ2v) is 4.01. The second-order valence-electron chi connectivity index (χ2n) is 4.01. The highest BCUT2D eigenvalue weighted by Crippen LogP contribution is 2.19. The van der Waals surface area contributed by atoms with Crippen LogP contribution in [0.15, 0.2) is 0 Å². The van der Waals surface area contributed by atoms with E-state index in [1.54, 1.807) is 0 Å². The Bertz CT molecular complexity index is 151. The van der Waals surface area contributed by atoms with Crippen LogP contribution in [0.5, 0.6) is 0 Å². The van der Waals surface area contributed by atoms with Crippen LogP contribution >= 0.6 is 0 Å². The maximum Gasteiger partial charge on any atom is 0.0701 e. The first-order valence-corrected chi connectivity index (χ1v) is 5.89. The maximum atomic E-state index is 9.07. The fraction of sp³-hybridized carbons (Fsp3) is 1.00. The van der Waals surface area contributed by atoms with Crippen LogP contribution in [0.25, 0.3) is 0 Å². The quantitative estimate of drug-likeness (QED) is 0.524. The van der Waals surface area contributed by atoms with Gasteiger partial charge < -0.3 is 19.9 Å². The molecule has 0 amide bonds. The first kappa shape index (κ1) is 12.9. The van der Waals surface area contributed by atoms with E-state index in [-0.39, 0.29) is 12.6 Å². The van der Waals surface area contributed by atoms with E-state index in [2.05, 4.69) is 12.2 Å². The normalized spacial score (nSPS) is 18.0. The minimum absolute atomic E-state index is 0.0867. The standard InChI is InChI=1S/C11H23NO3/c1-2-5-14-6-7-15-9-11(8-13)12-10-3-4-10/h10-13H,2-9H2,1H3. The highest BCUT2D eigenvalue weighted by molar-refractivity contribution is 4.84. The van der Waals surface area contributed by atoms with Gasteiger partial charge in [-0.2, -0.15) is 0 Å². The Labute approximate surface area is 92.0 Å². The van der Waals surface area contributed by atoms with Gasteiger partial charge in [0.25, 0.3) is 0 Å². The van der Waals surface area contributed by atoms with Gasteiger partial charge in [0, 0.05) is 12.6 Å². The molecule has 1 aliphatic carbocycles. The molecular formula is C11H23NO3. The van der Waals surface area contributed by atoms with Crippen molar-refractivity contribution in [1.29, 1.82) is 0 Å². The number of nitrogens with one attached hydrogen (secondary N) is 1. The van der Waals surface area contributed by atoms with Gasteiger partial charge in [-0.25, -0.2) is 0 Å². The highest BCUT2D eigenvalue weighted by atomic mass is 16.5. The molecule has 15 heavy (non-hydrogen) atoms. The van der Waals surface area contributed by atoms with E-state index >= 15 is 0 Å². The Morgan fingerprint density at radius 1 is 1.27 bits per heavy atom. The second kappa shape index (κ2) is 8.05. The summed E-state index contributed by atoms with van der Waals surface area (Å²) in [5.74, 6) is 0. The van der Waals surface area contributed by atoms with Crippen molar-refractivity contribution in [1.82, 2.24) is 5.32 Å². The van der Waals surface area contributed by atoms with Crippen molar-refractivity contribution in [3.8, 4) is 0 Å². The van der Waals surface area contributed by atoms with Gasteiger partial charge in [0.05, 0.1) is 32.5 Å². The molecule has 1 aliphatic rings. The monoisotopic (exact) mass is 217 g/mol. The molecule has 90 valence electrons. The van der Waals surface area contributed by atoms with Gasteiger partial charge in [-0.1, -0.05) is 6.92 Å². The first-order valence-electron chi connectivity index (χ1n) is 5.89. The van der Waals surface area contributed by atoms with Crippen LogP contribution in [0.1, 0.15) is 26.2 Å². The average Bonchev–Trinajstić information content (AvgIpc) is 3.05. The largest absolute Gasteiger partial charge is 0.395 e. The third-order valence-corrected chi connectivity index (χ3v) is 2.31. The molecule has 4 nitrogen and oxygen atoms in total. The average molecular weight is 217 g/mol. The van der Waals surface area contributed by atoms with Gasteiger partial charge in [0.2, 0.25) is 0 Å². The molecule has 1 atom stereocenters. The van der Waals surface area contributed by atoms with E-state index in [4.69, 9.17) is 14.6 Å². The van der Waals surface area contributed by atoms with E-state index in [1.807, 2.05) is 0 Å². The molecule has 1 fully saturated rings. The summed E-state index contributed by atoms with van der Waals surface area (Å²) in [4.78, 5) is 0. The molecule has 0 radical (unpaired) electrons. The van der Waals surface area contributed by atoms with Gasteiger partial charge >= 0.3 is 0 Å². The van der Waals surface area contributed by atoms with Crippen LogP contribution in [0.3, 0.4) is 0 Å². The summed E-state index contributed by atoms with van der Waals surface area (Å²) in [6.07, 6.45) is 3.51. The molecule has 0 heterocycles. The van der Waals surface area contributed by atoms with Crippen molar-refractivity contribution in [2.45, 2.75) is 38.3 Å². The smallest absolute Gasteiger partial charge is 0.0701 e. The molecule has 0 aliphatic heterocycles. The lowest BCUT2D eigenvalue weighted by molar-refractivity contribution is 0.0317. The summed E-state index contributed by atoms with van der Waals surface area (Å²) < 4.78 is 10.7. The summed E-state index contributed by atoms with van der Waals surface area (Å²) in [6.45, 7) is 4.86. The lowest BCUT2D eigenvalue weighted by Gasteiger charge is -2.15. The lowest BCUT2D eigenvalue weighted by atomic mass is 10.3. The third-order valence-electron chi connectivity index (χ3n) is 2.31. The number of rotatable bonds is 10. The predicted molar refractivity (Wildman–Crippen MR) is 59.0 cm³/mol. The van der Waals surface area contributed by atoms with Gasteiger partial charge in [-0.05, 0) is 19.3 Å². The fourth-order valence-electron chi connectivity index (χ4n) is 1.33. The Morgan fingerprint density at radius 2 is 2.00 bits per heavy atom. The molecule has 0 aromatic rings. The molecule has 0 bridgehead atoms. The number of aliphatic hydroxyl groups is 1. The van der Waals surface area contributed by atoms with E-state index in [0.29, 0.717) is 25.9 Å². The van der Waals surface area contributed by atoms with Crippen molar-refractivity contribution >= 4 is 0 Å².